The second-order valence-electron chi connectivity index (χ2n) is 5.12. The van der Waals surface area contributed by atoms with E-state index in [1.165, 1.54) is 5.56 Å². The van der Waals surface area contributed by atoms with Crippen LogP contribution >= 0.6 is 11.6 Å². The fourth-order valence-electron chi connectivity index (χ4n) is 2.64. The van der Waals surface area contributed by atoms with E-state index in [1.54, 1.807) is 0 Å². The third-order valence-electron chi connectivity index (χ3n) is 3.74. The second-order valence-corrected chi connectivity index (χ2v) is 5.53. The van der Waals surface area contributed by atoms with Crippen molar-refractivity contribution in [1.82, 2.24) is 5.32 Å². The molecule has 0 radical (unpaired) electrons. The fraction of sp³-hybridized carbons (Fsp3) is 0.235. The maximum atomic E-state index is 12.3. The molecule has 0 saturated heterocycles. The molecule has 3 rings (SSSR count). The van der Waals surface area contributed by atoms with Crippen LogP contribution < -0.4 is 10.2 Å². The second kappa shape index (κ2) is 6.29. The van der Waals surface area contributed by atoms with Crippen molar-refractivity contribution in [2.75, 3.05) is 18.0 Å². The average Bonchev–Trinajstić information content (AvgIpc) is 2.93. The lowest BCUT2D eigenvalue weighted by Gasteiger charge is -2.17. The predicted octanol–water partition coefficient (Wildman–Crippen LogP) is 3.02. The summed E-state index contributed by atoms with van der Waals surface area (Å²) in [5, 5.41) is 3.90. The van der Waals surface area contributed by atoms with Crippen LogP contribution in [-0.2, 0) is 17.8 Å². The number of carbonyl (C=O) groups is 1. The van der Waals surface area contributed by atoms with Crippen molar-refractivity contribution < 1.29 is 4.79 Å². The van der Waals surface area contributed by atoms with Crippen molar-refractivity contribution in [1.29, 1.82) is 0 Å². The van der Waals surface area contributed by atoms with E-state index in [1.807, 2.05) is 47.4 Å². The number of nitrogens with one attached hydrogen (secondary N) is 1. The molecular formula is C17H17ClN2O. The molecule has 0 aromatic heterocycles. The van der Waals surface area contributed by atoms with Crippen molar-refractivity contribution >= 4 is 23.2 Å². The van der Waals surface area contributed by atoms with E-state index < -0.39 is 0 Å². The highest BCUT2D eigenvalue weighted by Gasteiger charge is 2.23. The molecule has 0 spiro atoms. The first-order valence-electron chi connectivity index (χ1n) is 7.08. The van der Waals surface area contributed by atoms with Gasteiger partial charge in [-0.15, -0.1) is 0 Å². The number of hydrogen-bond donors (Lipinski definition) is 1. The summed E-state index contributed by atoms with van der Waals surface area (Å²) in [6, 6.07) is 15.7. The zero-order valence-corrected chi connectivity index (χ0v) is 12.4. The molecule has 0 fully saturated rings. The topological polar surface area (TPSA) is 32.3 Å². The van der Waals surface area contributed by atoms with Gasteiger partial charge in [-0.25, -0.2) is 0 Å². The lowest BCUT2D eigenvalue weighted by atomic mass is 10.2. The molecule has 1 aliphatic rings. The summed E-state index contributed by atoms with van der Waals surface area (Å²) in [6.45, 7) is 1.69. The van der Waals surface area contributed by atoms with Gasteiger partial charge in [0, 0.05) is 23.8 Å². The van der Waals surface area contributed by atoms with Gasteiger partial charge in [0.1, 0.15) is 0 Å². The summed E-state index contributed by atoms with van der Waals surface area (Å²) in [5.41, 5.74) is 3.30. The molecule has 3 nitrogen and oxygen atoms in total. The quantitative estimate of drug-likeness (QED) is 0.941. The Balaban J connectivity index is 1.57. The number of hydrogen-bond acceptors (Lipinski definition) is 2. The summed E-state index contributed by atoms with van der Waals surface area (Å²) in [5.74, 6) is 0.104. The minimum atomic E-state index is 0.104. The van der Waals surface area contributed by atoms with Crippen molar-refractivity contribution in [3.8, 4) is 0 Å². The van der Waals surface area contributed by atoms with Crippen LogP contribution in [0.15, 0.2) is 48.5 Å². The number of carbonyl (C=O) groups excluding carboxylic acids is 1. The largest absolute Gasteiger partial charge is 0.311 e. The monoisotopic (exact) mass is 300 g/mol. The van der Waals surface area contributed by atoms with Crippen molar-refractivity contribution in [3.05, 3.63) is 64.7 Å². The number of halogens is 1. The Morgan fingerprint density at radius 3 is 2.76 bits per heavy atom. The minimum Gasteiger partial charge on any atom is -0.311 e. The van der Waals surface area contributed by atoms with Gasteiger partial charge in [0.25, 0.3) is 0 Å². The molecule has 1 heterocycles. The van der Waals surface area contributed by atoms with Gasteiger partial charge in [0.15, 0.2) is 0 Å². The van der Waals surface area contributed by atoms with Crippen LogP contribution in [-0.4, -0.2) is 19.0 Å². The van der Waals surface area contributed by atoms with Crippen LogP contribution in [0.1, 0.15) is 11.1 Å². The zero-order valence-electron chi connectivity index (χ0n) is 11.7. The lowest BCUT2D eigenvalue weighted by molar-refractivity contribution is -0.117. The van der Waals surface area contributed by atoms with Crippen molar-refractivity contribution in [2.45, 2.75) is 13.0 Å². The summed E-state index contributed by atoms with van der Waals surface area (Å²) in [4.78, 5) is 14.2. The predicted molar refractivity (Wildman–Crippen MR) is 85.7 cm³/mol. The molecule has 0 bridgehead atoms. The Morgan fingerprint density at radius 1 is 1.14 bits per heavy atom. The first-order chi connectivity index (χ1) is 10.3. The smallest absolute Gasteiger partial charge is 0.240 e. The number of amides is 1. The Kier molecular flexibility index (Phi) is 4.23. The molecule has 1 N–H and O–H groups in total. The number of para-hydroxylation sites is 1. The number of anilines is 1. The maximum absolute atomic E-state index is 12.3. The highest BCUT2D eigenvalue weighted by atomic mass is 35.5. The summed E-state index contributed by atoms with van der Waals surface area (Å²) < 4.78 is 0. The minimum absolute atomic E-state index is 0.104. The molecule has 4 heteroatoms. The van der Waals surface area contributed by atoms with E-state index in [9.17, 15) is 4.79 Å². The van der Waals surface area contributed by atoms with Crippen molar-refractivity contribution in [2.24, 2.45) is 0 Å². The standard InChI is InChI=1S/C17H17ClN2O/c18-15-7-3-1-6-14(15)11-19-12-17(21)20-10-9-13-5-2-4-8-16(13)20/h1-8,19H,9-12H2. The molecule has 0 atom stereocenters. The molecule has 21 heavy (non-hydrogen) atoms. The number of nitrogens with zero attached hydrogens (tertiary/aromatic N) is 1. The first-order valence-corrected chi connectivity index (χ1v) is 7.46. The van der Waals surface area contributed by atoms with Gasteiger partial charge in [-0.2, -0.15) is 0 Å². The molecule has 0 aliphatic carbocycles. The average molecular weight is 301 g/mol. The Hall–Kier alpha value is -1.84. The molecule has 108 valence electrons. The first kappa shape index (κ1) is 14.1. The highest BCUT2D eigenvalue weighted by molar-refractivity contribution is 6.31. The van der Waals surface area contributed by atoms with E-state index in [0.29, 0.717) is 13.1 Å². The molecule has 0 unspecified atom stereocenters. The summed E-state index contributed by atoms with van der Waals surface area (Å²) in [7, 11) is 0. The van der Waals surface area contributed by atoms with Gasteiger partial charge < -0.3 is 10.2 Å². The van der Waals surface area contributed by atoms with Crippen LogP contribution in [0.3, 0.4) is 0 Å². The van der Waals surface area contributed by atoms with Crippen LogP contribution in [0.4, 0.5) is 5.69 Å². The van der Waals surface area contributed by atoms with Crippen LogP contribution in [0.5, 0.6) is 0 Å². The summed E-state index contributed by atoms with van der Waals surface area (Å²) in [6.07, 6.45) is 0.937. The van der Waals surface area contributed by atoms with E-state index in [0.717, 1.165) is 29.2 Å². The van der Waals surface area contributed by atoms with Crippen LogP contribution in [0.2, 0.25) is 5.02 Å². The van der Waals surface area contributed by atoms with E-state index in [-0.39, 0.29) is 5.91 Å². The number of rotatable bonds is 4. The highest BCUT2D eigenvalue weighted by Crippen LogP contribution is 2.27. The Bertz CT molecular complexity index is 657. The van der Waals surface area contributed by atoms with E-state index >= 15 is 0 Å². The van der Waals surface area contributed by atoms with Gasteiger partial charge in [0.05, 0.1) is 6.54 Å². The van der Waals surface area contributed by atoms with E-state index in [4.69, 9.17) is 11.6 Å². The molecule has 2 aromatic carbocycles. The van der Waals surface area contributed by atoms with Crippen LogP contribution in [0, 0.1) is 0 Å². The van der Waals surface area contributed by atoms with Gasteiger partial charge in [0.2, 0.25) is 5.91 Å². The maximum Gasteiger partial charge on any atom is 0.240 e. The van der Waals surface area contributed by atoms with Crippen LogP contribution in [0.25, 0.3) is 0 Å². The van der Waals surface area contributed by atoms with Gasteiger partial charge in [-0.05, 0) is 29.7 Å². The number of benzene rings is 2. The molecule has 1 amide bonds. The SMILES string of the molecule is O=C(CNCc1ccccc1Cl)N1CCc2ccccc21. The van der Waals surface area contributed by atoms with E-state index in [2.05, 4.69) is 11.4 Å². The van der Waals surface area contributed by atoms with Crippen molar-refractivity contribution in [3.63, 3.8) is 0 Å². The zero-order chi connectivity index (χ0) is 14.7. The molecule has 2 aromatic rings. The third-order valence-corrected chi connectivity index (χ3v) is 4.11. The number of fused-ring (bicyclic) bond motifs is 1. The third kappa shape index (κ3) is 3.09. The fourth-order valence-corrected chi connectivity index (χ4v) is 2.84. The molecule has 0 saturated carbocycles. The summed E-state index contributed by atoms with van der Waals surface area (Å²) >= 11 is 6.10. The van der Waals surface area contributed by atoms with Gasteiger partial charge in [-0.3, -0.25) is 4.79 Å². The molecular weight excluding hydrogens is 284 g/mol. The Labute approximate surface area is 129 Å². The van der Waals surface area contributed by atoms with Gasteiger partial charge >= 0.3 is 0 Å². The molecule has 1 aliphatic heterocycles. The van der Waals surface area contributed by atoms with Gasteiger partial charge in [-0.1, -0.05) is 48.0 Å². The Morgan fingerprint density at radius 2 is 1.90 bits per heavy atom. The lowest BCUT2D eigenvalue weighted by Crippen LogP contribution is -2.37. The normalized spacial score (nSPS) is 13.3.